The normalized spacial score (nSPS) is 15.0. The van der Waals surface area contributed by atoms with E-state index in [2.05, 4.69) is 0 Å². The Morgan fingerprint density at radius 2 is 2.27 bits per heavy atom. The zero-order valence-corrected chi connectivity index (χ0v) is 8.60. The van der Waals surface area contributed by atoms with Crippen LogP contribution >= 0.6 is 0 Å². The number of rotatable bonds is 4. The minimum atomic E-state index is -0.399. The molecule has 4 heteroatoms. The summed E-state index contributed by atoms with van der Waals surface area (Å²) >= 11 is 0. The molecule has 1 saturated carbocycles. The van der Waals surface area contributed by atoms with Gasteiger partial charge in [0.25, 0.3) is 5.69 Å². The van der Waals surface area contributed by atoms with Crippen molar-refractivity contribution in [2.75, 3.05) is 6.61 Å². The fourth-order valence-corrected chi connectivity index (χ4v) is 1.35. The van der Waals surface area contributed by atoms with E-state index in [1.165, 1.54) is 25.0 Å². The van der Waals surface area contributed by atoms with Gasteiger partial charge in [-0.2, -0.15) is 0 Å². The van der Waals surface area contributed by atoms with Gasteiger partial charge < -0.3 is 4.74 Å². The molecule has 1 aliphatic rings. The number of ether oxygens (including phenoxy) is 1. The van der Waals surface area contributed by atoms with Crippen molar-refractivity contribution in [3.05, 3.63) is 33.9 Å². The topological polar surface area (TPSA) is 52.4 Å². The van der Waals surface area contributed by atoms with Crippen molar-refractivity contribution in [2.45, 2.75) is 19.8 Å². The van der Waals surface area contributed by atoms with E-state index in [1.807, 2.05) is 6.92 Å². The van der Waals surface area contributed by atoms with Crippen LogP contribution in [0.2, 0.25) is 0 Å². The minimum absolute atomic E-state index is 0.0893. The predicted octanol–water partition coefficient (Wildman–Crippen LogP) is 2.69. The van der Waals surface area contributed by atoms with Crippen LogP contribution in [0.1, 0.15) is 18.4 Å². The number of nitro groups is 1. The monoisotopic (exact) mass is 207 g/mol. The lowest BCUT2D eigenvalue weighted by atomic mass is 10.2. The molecular formula is C11H13NO3. The number of aryl methyl sites for hydroxylation is 1. The summed E-state index contributed by atoms with van der Waals surface area (Å²) in [6, 6.07) is 4.72. The summed E-state index contributed by atoms with van der Waals surface area (Å²) < 4.78 is 5.55. The highest BCUT2D eigenvalue weighted by atomic mass is 16.6. The van der Waals surface area contributed by atoms with Crippen LogP contribution in [-0.2, 0) is 0 Å². The number of hydrogen-bond acceptors (Lipinski definition) is 3. The first-order valence-electron chi connectivity index (χ1n) is 5.04. The molecule has 15 heavy (non-hydrogen) atoms. The third kappa shape index (κ3) is 2.46. The highest BCUT2D eigenvalue weighted by molar-refractivity contribution is 5.43. The number of nitro benzene ring substituents is 1. The zero-order valence-electron chi connectivity index (χ0n) is 8.60. The minimum Gasteiger partial charge on any atom is -0.493 e. The van der Waals surface area contributed by atoms with Gasteiger partial charge in [0, 0.05) is 6.07 Å². The van der Waals surface area contributed by atoms with Gasteiger partial charge in [0.2, 0.25) is 0 Å². The molecule has 80 valence electrons. The molecule has 1 fully saturated rings. The van der Waals surface area contributed by atoms with Crippen LogP contribution in [0.25, 0.3) is 0 Å². The van der Waals surface area contributed by atoms with E-state index in [9.17, 15) is 10.1 Å². The zero-order chi connectivity index (χ0) is 10.8. The number of hydrogen-bond donors (Lipinski definition) is 0. The smallest absolute Gasteiger partial charge is 0.273 e. The fourth-order valence-electron chi connectivity index (χ4n) is 1.35. The van der Waals surface area contributed by atoms with E-state index < -0.39 is 4.92 Å². The summed E-state index contributed by atoms with van der Waals surface area (Å²) in [5.41, 5.74) is 1.03. The molecular weight excluding hydrogens is 194 g/mol. The summed E-state index contributed by atoms with van der Waals surface area (Å²) in [6.07, 6.45) is 2.43. The van der Waals surface area contributed by atoms with Gasteiger partial charge in [0.05, 0.1) is 17.6 Å². The van der Waals surface area contributed by atoms with E-state index in [0.717, 1.165) is 5.56 Å². The standard InChI is InChI=1S/C11H13NO3/c1-8-2-5-10(12(13)14)6-11(8)15-7-9-3-4-9/h2,5-6,9H,3-4,7H2,1H3. The summed E-state index contributed by atoms with van der Waals surface area (Å²) in [5, 5.41) is 10.6. The van der Waals surface area contributed by atoms with E-state index >= 15 is 0 Å². The van der Waals surface area contributed by atoms with Crippen molar-refractivity contribution < 1.29 is 9.66 Å². The van der Waals surface area contributed by atoms with Crippen LogP contribution in [0.4, 0.5) is 5.69 Å². The third-order valence-electron chi connectivity index (χ3n) is 2.55. The average Bonchev–Trinajstić information content (AvgIpc) is 3.00. The highest BCUT2D eigenvalue weighted by Gasteiger charge is 2.22. The van der Waals surface area contributed by atoms with Crippen LogP contribution in [0, 0.1) is 23.0 Å². The predicted molar refractivity (Wildman–Crippen MR) is 56.1 cm³/mol. The molecule has 1 aromatic carbocycles. The number of nitrogens with zero attached hydrogens (tertiary/aromatic N) is 1. The Hall–Kier alpha value is -1.58. The number of benzene rings is 1. The van der Waals surface area contributed by atoms with E-state index in [4.69, 9.17) is 4.74 Å². The molecule has 0 aromatic heterocycles. The summed E-state index contributed by atoms with van der Waals surface area (Å²) in [4.78, 5) is 10.2. The maximum Gasteiger partial charge on any atom is 0.273 e. The second-order valence-electron chi connectivity index (χ2n) is 3.96. The lowest BCUT2D eigenvalue weighted by Gasteiger charge is -2.07. The summed E-state index contributed by atoms with van der Waals surface area (Å²) in [7, 11) is 0. The summed E-state index contributed by atoms with van der Waals surface area (Å²) in [5.74, 6) is 1.29. The van der Waals surface area contributed by atoms with Gasteiger partial charge in [-0.25, -0.2) is 0 Å². The van der Waals surface area contributed by atoms with Crippen LogP contribution < -0.4 is 4.74 Å². The molecule has 0 heterocycles. The Balaban J connectivity index is 2.12. The molecule has 0 amide bonds. The SMILES string of the molecule is Cc1ccc([N+](=O)[O-])cc1OCC1CC1. The first-order valence-corrected chi connectivity index (χ1v) is 5.04. The van der Waals surface area contributed by atoms with Crippen LogP contribution in [0.15, 0.2) is 18.2 Å². The second kappa shape index (κ2) is 3.88. The first-order chi connectivity index (χ1) is 7.16. The van der Waals surface area contributed by atoms with Gasteiger partial charge in [-0.1, -0.05) is 0 Å². The van der Waals surface area contributed by atoms with Gasteiger partial charge in [0.1, 0.15) is 5.75 Å². The molecule has 1 aliphatic carbocycles. The molecule has 0 aliphatic heterocycles. The Morgan fingerprint density at radius 1 is 1.53 bits per heavy atom. The van der Waals surface area contributed by atoms with Crippen molar-refractivity contribution in [3.8, 4) is 5.75 Å². The van der Waals surface area contributed by atoms with Gasteiger partial charge in [-0.05, 0) is 37.3 Å². The maximum absolute atomic E-state index is 10.6. The first kappa shape index (κ1) is 9.96. The lowest BCUT2D eigenvalue weighted by Crippen LogP contribution is -2.01. The fraction of sp³-hybridized carbons (Fsp3) is 0.455. The largest absolute Gasteiger partial charge is 0.493 e. The second-order valence-corrected chi connectivity index (χ2v) is 3.96. The molecule has 0 spiro atoms. The Labute approximate surface area is 88.0 Å². The highest BCUT2D eigenvalue weighted by Crippen LogP contribution is 2.31. The van der Waals surface area contributed by atoms with Crippen molar-refractivity contribution in [1.82, 2.24) is 0 Å². The van der Waals surface area contributed by atoms with Crippen molar-refractivity contribution in [1.29, 1.82) is 0 Å². The van der Waals surface area contributed by atoms with Gasteiger partial charge >= 0.3 is 0 Å². The van der Waals surface area contributed by atoms with E-state index in [0.29, 0.717) is 18.3 Å². The maximum atomic E-state index is 10.6. The third-order valence-corrected chi connectivity index (χ3v) is 2.55. The number of non-ortho nitro benzene ring substituents is 1. The van der Waals surface area contributed by atoms with Gasteiger partial charge in [-0.15, -0.1) is 0 Å². The van der Waals surface area contributed by atoms with Gasteiger partial charge in [0.15, 0.2) is 0 Å². The average molecular weight is 207 g/mol. The Bertz CT molecular complexity index is 385. The van der Waals surface area contributed by atoms with Crippen molar-refractivity contribution >= 4 is 5.69 Å². The Kier molecular flexibility index (Phi) is 2.58. The molecule has 2 rings (SSSR count). The quantitative estimate of drug-likeness (QED) is 0.563. The van der Waals surface area contributed by atoms with Crippen molar-refractivity contribution in [2.24, 2.45) is 5.92 Å². The lowest BCUT2D eigenvalue weighted by molar-refractivity contribution is -0.384. The Morgan fingerprint density at radius 3 is 2.87 bits per heavy atom. The van der Waals surface area contributed by atoms with E-state index in [-0.39, 0.29) is 5.69 Å². The van der Waals surface area contributed by atoms with Crippen LogP contribution in [0.3, 0.4) is 0 Å². The molecule has 0 radical (unpaired) electrons. The van der Waals surface area contributed by atoms with Crippen LogP contribution in [0.5, 0.6) is 5.75 Å². The van der Waals surface area contributed by atoms with Gasteiger partial charge in [-0.3, -0.25) is 10.1 Å². The van der Waals surface area contributed by atoms with E-state index in [1.54, 1.807) is 6.07 Å². The molecule has 0 atom stereocenters. The molecule has 4 nitrogen and oxygen atoms in total. The molecule has 0 saturated heterocycles. The molecule has 0 unspecified atom stereocenters. The van der Waals surface area contributed by atoms with Crippen LogP contribution in [-0.4, -0.2) is 11.5 Å². The summed E-state index contributed by atoms with van der Waals surface area (Å²) in [6.45, 7) is 2.58. The van der Waals surface area contributed by atoms with Crippen molar-refractivity contribution in [3.63, 3.8) is 0 Å². The molecule has 0 bridgehead atoms. The molecule has 1 aromatic rings. The molecule has 0 N–H and O–H groups in total.